The van der Waals surface area contributed by atoms with Crippen molar-refractivity contribution in [1.82, 2.24) is 13.7 Å². The second kappa shape index (κ2) is 20.9. The van der Waals surface area contributed by atoms with Crippen LogP contribution in [0.2, 0.25) is 0 Å². The molecule has 45 heavy (non-hydrogen) atoms. The smallest absolute Gasteiger partial charge is 0.336 e. The summed E-state index contributed by atoms with van der Waals surface area (Å²) in [5.74, 6) is -1.43. The highest BCUT2D eigenvalue weighted by atomic mass is 32.2. The third-order valence-electron chi connectivity index (χ3n) is 7.09. The average molecular weight is 694 g/mol. The molecular weight excluding hydrogens is 643 g/mol. The lowest BCUT2D eigenvalue weighted by molar-refractivity contribution is -0.143. The normalized spacial score (nSPS) is 15.4. The number of esters is 3. The van der Waals surface area contributed by atoms with Gasteiger partial charge in [0.2, 0.25) is 0 Å². The van der Waals surface area contributed by atoms with Gasteiger partial charge in [0.25, 0.3) is 0 Å². The monoisotopic (exact) mass is 693 g/mol. The van der Waals surface area contributed by atoms with Crippen LogP contribution in [0, 0.1) is 0 Å². The van der Waals surface area contributed by atoms with Gasteiger partial charge in [0, 0.05) is 15.7 Å². The number of rotatable bonds is 21. The first kappa shape index (κ1) is 40.9. The van der Waals surface area contributed by atoms with E-state index in [-0.39, 0.29) is 55.2 Å². The Labute approximate surface area is 278 Å². The average Bonchev–Trinajstić information content (AvgIpc) is 3.01. The van der Waals surface area contributed by atoms with Crippen LogP contribution in [0.5, 0.6) is 0 Å². The molecule has 0 spiro atoms. The fraction of sp³-hybridized carbons (Fsp3) is 0.800. The molecule has 1 rings (SSSR count). The van der Waals surface area contributed by atoms with Crippen molar-refractivity contribution < 1.29 is 28.6 Å². The molecule has 0 N–H and O–H groups in total. The first-order valence-corrected chi connectivity index (χ1v) is 18.4. The van der Waals surface area contributed by atoms with Gasteiger partial charge in [0.05, 0.1) is 35.4 Å². The summed E-state index contributed by atoms with van der Waals surface area (Å²) in [6.07, 6.45) is 2.65. The molecule has 0 aromatic carbocycles. The Morgan fingerprint density at radius 2 is 0.733 bits per heavy atom. The first-order valence-electron chi connectivity index (χ1n) is 15.6. The molecular formula is C30H51N3O9S3. The second-order valence-corrected chi connectivity index (χ2v) is 16.1. The fourth-order valence-corrected chi connectivity index (χ4v) is 7.03. The van der Waals surface area contributed by atoms with Gasteiger partial charge >= 0.3 is 35.0 Å². The van der Waals surface area contributed by atoms with Gasteiger partial charge in [0.1, 0.15) is 19.8 Å². The first-order chi connectivity index (χ1) is 21.2. The number of nitrogens with zero attached hydrogens (tertiary/aromatic N) is 3. The molecule has 258 valence electrons. The number of ether oxygens (including phenoxy) is 3. The van der Waals surface area contributed by atoms with Crippen LogP contribution >= 0.6 is 35.3 Å². The number of carbonyl (C=O) groups is 3. The summed E-state index contributed by atoms with van der Waals surface area (Å²) in [5.41, 5.74) is -2.77. The van der Waals surface area contributed by atoms with Crippen molar-refractivity contribution in [3.05, 3.63) is 31.5 Å². The van der Waals surface area contributed by atoms with Crippen molar-refractivity contribution in [2.24, 2.45) is 0 Å². The van der Waals surface area contributed by atoms with Crippen LogP contribution < -0.4 is 17.1 Å². The molecule has 0 amide bonds. The molecule has 0 aliphatic heterocycles. The molecule has 0 aliphatic rings. The lowest BCUT2D eigenvalue weighted by Gasteiger charge is -2.17. The van der Waals surface area contributed by atoms with Crippen LogP contribution in [0.4, 0.5) is 0 Å². The van der Waals surface area contributed by atoms with Crippen LogP contribution in [-0.2, 0) is 48.2 Å². The summed E-state index contributed by atoms with van der Waals surface area (Å²) >= 11 is 4.39. The van der Waals surface area contributed by atoms with E-state index in [1.807, 2.05) is 41.5 Å². The van der Waals surface area contributed by atoms with Gasteiger partial charge in [-0.3, -0.25) is 14.4 Å². The zero-order valence-electron chi connectivity index (χ0n) is 28.1. The van der Waals surface area contributed by atoms with E-state index >= 15 is 0 Å². The number of hydrogen-bond acceptors (Lipinski definition) is 12. The Morgan fingerprint density at radius 3 is 0.933 bits per heavy atom. The van der Waals surface area contributed by atoms with E-state index in [9.17, 15) is 28.8 Å². The number of hydrogen-bond donors (Lipinski definition) is 0. The quantitative estimate of drug-likeness (QED) is 0.137. The Bertz CT molecular complexity index is 1100. The predicted molar refractivity (Wildman–Crippen MR) is 183 cm³/mol. The number of carbonyl (C=O) groups excluding carboxylic acids is 3. The van der Waals surface area contributed by atoms with Crippen molar-refractivity contribution in [1.29, 1.82) is 0 Å². The molecule has 6 atom stereocenters. The number of aromatic nitrogens is 3. The van der Waals surface area contributed by atoms with E-state index in [2.05, 4.69) is 0 Å². The molecule has 0 radical (unpaired) electrons. The van der Waals surface area contributed by atoms with Gasteiger partial charge in [0.15, 0.2) is 0 Å². The van der Waals surface area contributed by atoms with Gasteiger partial charge < -0.3 is 14.2 Å². The highest BCUT2D eigenvalue weighted by Crippen LogP contribution is 2.22. The molecule has 0 aliphatic carbocycles. The Morgan fingerprint density at radius 1 is 0.511 bits per heavy atom. The summed E-state index contributed by atoms with van der Waals surface area (Å²) in [7, 11) is 0. The van der Waals surface area contributed by atoms with Gasteiger partial charge in [-0.1, -0.05) is 41.5 Å². The molecule has 6 unspecified atom stereocenters. The minimum atomic E-state index is -0.923. The van der Waals surface area contributed by atoms with Crippen LogP contribution in [0.15, 0.2) is 14.4 Å². The van der Waals surface area contributed by atoms with Crippen molar-refractivity contribution in [3.8, 4) is 0 Å². The molecule has 1 heterocycles. The van der Waals surface area contributed by atoms with Gasteiger partial charge in [-0.25, -0.2) is 28.1 Å². The fourth-order valence-electron chi connectivity index (χ4n) is 3.82. The van der Waals surface area contributed by atoms with Gasteiger partial charge in [-0.15, -0.1) is 35.3 Å². The lowest BCUT2D eigenvalue weighted by atomic mass is 10.4. The molecule has 12 nitrogen and oxygen atoms in total. The van der Waals surface area contributed by atoms with Crippen molar-refractivity contribution in [2.75, 3.05) is 19.8 Å². The largest absolute Gasteiger partial charge is 0.463 e. The third-order valence-corrected chi connectivity index (χ3v) is 11.3. The van der Waals surface area contributed by atoms with E-state index in [0.717, 1.165) is 33.0 Å². The maximum Gasteiger partial charge on any atom is 0.336 e. The van der Waals surface area contributed by atoms with E-state index < -0.39 is 50.7 Å². The highest BCUT2D eigenvalue weighted by molar-refractivity contribution is 8.01. The van der Waals surface area contributed by atoms with Crippen LogP contribution in [0.1, 0.15) is 81.6 Å². The molecule has 1 aromatic heterocycles. The maximum absolute atomic E-state index is 13.3. The molecule has 1 aromatic rings. The predicted octanol–water partition coefficient (Wildman–Crippen LogP) is 3.56. The van der Waals surface area contributed by atoms with Crippen LogP contribution in [0.25, 0.3) is 0 Å². The summed E-state index contributed by atoms with van der Waals surface area (Å²) in [5, 5.41) is -0.553. The SMILES string of the molecule is CCC(C)SC(C)C(=O)OCCn1c(=O)n(CCOC(=O)C(C)SC(C)CC)c(=O)n(CCOC(=O)C(C)SC(C)CC)c1=O. The topological polar surface area (TPSA) is 145 Å². The zero-order chi connectivity index (χ0) is 34.3. The summed E-state index contributed by atoms with van der Waals surface area (Å²) in [6, 6.07) is 0. The van der Waals surface area contributed by atoms with Crippen molar-refractivity contribution in [3.63, 3.8) is 0 Å². The minimum Gasteiger partial charge on any atom is -0.463 e. The number of thioether (sulfide) groups is 3. The second-order valence-electron chi connectivity index (χ2n) is 10.8. The maximum atomic E-state index is 13.3. The molecule has 0 fully saturated rings. The molecule has 0 saturated carbocycles. The van der Waals surface area contributed by atoms with Crippen LogP contribution in [-0.4, -0.2) is 82.9 Å². The summed E-state index contributed by atoms with van der Waals surface area (Å²) < 4.78 is 18.4. The summed E-state index contributed by atoms with van der Waals surface area (Å²) in [6.45, 7) is 15.6. The van der Waals surface area contributed by atoms with Gasteiger partial charge in [-0.2, -0.15) is 0 Å². The van der Waals surface area contributed by atoms with Crippen molar-refractivity contribution in [2.45, 2.75) is 133 Å². The Balaban J connectivity index is 3.17. The highest BCUT2D eigenvalue weighted by Gasteiger charge is 2.22. The molecule has 0 bridgehead atoms. The van der Waals surface area contributed by atoms with E-state index in [1.165, 1.54) is 35.3 Å². The standard InChI is InChI=1S/C30H51N3O9S3/c1-10-19(4)43-22(7)25(34)40-16-13-31-28(37)32(14-17-41-26(35)23(8)44-20(5)11-2)30(39)33(29(31)38)15-18-42-27(36)24(9)45-21(6)12-3/h19-24H,10-18H2,1-9H3. The lowest BCUT2D eigenvalue weighted by Crippen LogP contribution is -2.55. The van der Waals surface area contributed by atoms with E-state index in [4.69, 9.17) is 14.2 Å². The molecule has 15 heteroatoms. The van der Waals surface area contributed by atoms with Crippen molar-refractivity contribution >= 4 is 53.2 Å². The van der Waals surface area contributed by atoms with E-state index in [0.29, 0.717) is 0 Å². The minimum absolute atomic E-state index is 0.252. The zero-order valence-corrected chi connectivity index (χ0v) is 30.5. The third kappa shape index (κ3) is 13.6. The summed E-state index contributed by atoms with van der Waals surface area (Å²) in [4.78, 5) is 77.3. The van der Waals surface area contributed by atoms with Crippen LogP contribution in [0.3, 0.4) is 0 Å². The van der Waals surface area contributed by atoms with Gasteiger partial charge in [-0.05, 0) is 40.0 Å². The molecule has 0 saturated heterocycles. The Kier molecular flexibility index (Phi) is 19.0. The Hall–Kier alpha value is -2.13. The van der Waals surface area contributed by atoms with E-state index in [1.54, 1.807) is 20.8 Å².